The normalized spacial score (nSPS) is 12.1. The minimum Gasteiger partial charge on any atom is -0.435 e. The molecule has 4 heterocycles. The lowest BCUT2D eigenvalue weighted by Crippen LogP contribution is -2.30. The molecule has 0 aliphatic rings. The predicted octanol–water partition coefficient (Wildman–Crippen LogP) is 1.98. The Morgan fingerprint density at radius 1 is 1.17 bits per heavy atom. The number of aromatic amines is 1. The molecule has 0 spiro atoms. The number of hydrogen-bond donors (Lipinski definition) is 3. The van der Waals surface area contributed by atoms with E-state index in [0.29, 0.717) is 34.9 Å². The fourth-order valence-corrected chi connectivity index (χ4v) is 2.67. The molecule has 0 aromatic carbocycles. The fraction of sp³-hybridized carbons (Fsp3) is 0.158. The van der Waals surface area contributed by atoms with Crippen molar-refractivity contribution < 1.29 is 14.2 Å². The zero-order chi connectivity index (χ0) is 20.2. The number of halogens is 1. The number of pyridine rings is 2. The van der Waals surface area contributed by atoms with Gasteiger partial charge >= 0.3 is 0 Å². The van der Waals surface area contributed by atoms with Crippen LogP contribution in [-0.4, -0.2) is 47.7 Å². The number of H-pyrrole nitrogens is 1. The van der Waals surface area contributed by atoms with Gasteiger partial charge in [-0.1, -0.05) is 0 Å². The zero-order valence-corrected chi connectivity index (χ0v) is 15.2. The van der Waals surface area contributed by atoms with Crippen LogP contribution in [0.2, 0.25) is 0 Å². The Morgan fingerprint density at radius 3 is 2.76 bits per heavy atom. The first-order chi connectivity index (χ1) is 14.1. The Hall–Kier alpha value is -3.63. The molecular formula is C19H18FN7O2. The van der Waals surface area contributed by atoms with Crippen molar-refractivity contribution in [1.29, 1.82) is 0 Å². The summed E-state index contributed by atoms with van der Waals surface area (Å²) in [6.45, 7) is 0.282. The van der Waals surface area contributed by atoms with Crippen molar-refractivity contribution in [3.8, 4) is 34.3 Å². The molecule has 0 amide bonds. The van der Waals surface area contributed by atoms with Crippen molar-refractivity contribution in [2.24, 2.45) is 5.73 Å². The van der Waals surface area contributed by atoms with Crippen LogP contribution in [0.5, 0.6) is 11.6 Å². The first-order valence-corrected chi connectivity index (χ1v) is 8.82. The van der Waals surface area contributed by atoms with Crippen molar-refractivity contribution in [3.63, 3.8) is 0 Å². The van der Waals surface area contributed by atoms with Crippen LogP contribution >= 0.6 is 0 Å². The van der Waals surface area contributed by atoms with Gasteiger partial charge in [-0.2, -0.15) is 10.2 Å². The van der Waals surface area contributed by atoms with Crippen LogP contribution in [0, 0.1) is 5.82 Å². The molecule has 148 valence electrons. The first kappa shape index (κ1) is 18.7. The maximum atomic E-state index is 14.3. The number of nitrogens with two attached hydrogens (primary N) is 1. The lowest BCUT2D eigenvalue weighted by molar-refractivity contribution is 0.251. The second-order valence-electron chi connectivity index (χ2n) is 6.33. The van der Waals surface area contributed by atoms with E-state index in [1.54, 1.807) is 41.3 Å². The van der Waals surface area contributed by atoms with Gasteiger partial charge in [0.25, 0.3) is 5.88 Å². The van der Waals surface area contributed by atoms with Gasteiger partial charge in [-0.3, -0.25) is 14.8 Å². The maximum absolute atomic E-state index is 14.3. The third-order valence-electron chi connectivity index (χ3n) is 4.13. The minimum absolute atomic E-state index is 0.118. The number of hydrogen-bond acceptors (Lipinski definition) is 7. The van der Waals surface area contributed by atoms with Gasteiger partial charge in [0.15, 0.2) is 5.82 Å². The van der Waals surface area contributed by atoms with Gasteiger partial charge in [0.2, 0.25) is 0 Å². The predicted molar refractivity (Wildman–Crippen MR) is 102 cm³/mol. The number of aliphatic hydroxyl groups is 1. The van der Waals surface area contributed by atoms with E-state index in [1.165, 1.54) is 18.5 Å². The monoisotopic (exact) mass is 395 g/mol. The molecule has 1 atom stereocenters. The van der Waals surface area contributed by atoms with E-state index in [2.05, 4.69) is 25.3 Å². The van der Waals surface area contributed by atoms with Crippen LogP contribution in [0.1, 0.15) is 0 Å². The van der Waals surface area contributed by atoms with Crippen molar-refractivity contribution in [2.45, 2.75) is 12.6 Å². The van der Waals surface area contributed by atoms with Crippen molar-refractivity contribution in [2.75, 3.05) is 6.61 Å². The summed E-state index contributed by atoms with van der Waals surface area (Å²) in [5.74, 6) is -0.401. The average molecular weight is 395 g/mol. The molecule has 29 heavy (non-hydrogen) atoms. The smallest absolute Gasteiger partial charge is 0.255 e. The highest BCUT2D eigenvalue weighted by Gasteiger charge is 2.11. The Balaban J connectivity index is 1.46. The van der Waals surface area contributed by atoms with Gasteiger partial charge < -0.3 is 15.6 Å². The number of nitrogens with one attached hydrogen (secondary N) is 1. The molecule has 9 nitrogen and oxygen atoms in total. The number of nitrogens with zero attached hydrogens (tertiary/aromatic N) is 5. The molecule has 0 aliphatic carbocycles. The zero-order valence-electron chi connectivity index (χ0n) is 15.2. The van der Waals surface area contributed by atoms with E-state index < -0.39 is 5.82 Å². The van der Waals surface area contributed by atoms with E-state index in [0.717, 1.165) is 0 Å². The summed E-state index contributed by atoms with van der Waals surface area (Å²) in [7, 11) is 0. The Bertz CT molecular complexity index is 1080. The summed E-state index contributed by atoms with van der Waals surface area (Å²) < 4.78 is 21.5. The number of aliphatic hydroxyl groups excluding tert-OH is 1. The van der Waals surface area contributed by atoms with E-state index in [9.17, 15) is 4.39 Å². The van der Waals surface area contributed by atoms with Crippen LogP contribution in [0.4, 0.5) is 4.39 Å². The minimum atomic E-state index is -0.597. The molecule has 10 heteroatoms. The quantitative estimate of drug-likeness (QED) is 0.436. The molecule has 0 fully saturated rings. The Kier molecular flexibility index (Phi) is 5.27. The van der Waals surface area contributed by atoms with Crippen LogP contribution in [0.3, 0.4) is 0 Å². The molecule has 0 radical (unpaired) electrons. The van der Waals surface area contributed by atoms with E-state index >= 15 is 0 Å². The SMILES string of the molecule is NC(CO)Cn1ccc(-c2ccc(Oc3ncc(-c4ccn[nH]4)cc3F)cn2)n1. The number of rotatable bonds is 7. The maximum Gasteiger partial charge on any atom is 0.255 e. The molecule has 0 saturated heterocycles. The molecule has 0 aliphatic heterocycles. The van der Waals surface area contributed by atoms with E-state index in [-0.39, 0.29) is 18.5 Å². The van der Waals surface area contributed by atoms with E-state index in [1.807, 2.05) is 0 Å². The molecule has 4 N–H and O–H groups in total. The highest BCUT2D eigenvalue weighted by molar-refractivity contribution is 5.58. The molecule has 4 aromatic rings. The van der Waals surface area contributed by atoms with Crippen molar-refractivity contribution in [1.82, 2.24) is 29.9 Å². The third kappa shape index (κ3) is 4.28. The van der Waals surface area contributed by atoms with Gasteiger partial charge in [0.1, 0.15) is 11.4 Å². The van der Waals surface area contributed by atoms with Gasteiger partial charge in [-0.15, -0.1) is 0 Å². The van der Waals surface area contributed by atoms with Gasteiger partial charge in [-0.05, 0) is 30.3 Å². The summed E-state index contributed by atoms with van der Waals surface area (Å²) in [5.41, 5.74) is 8.21. The summed E-state index contributed by atoms with van der Waals surface area (Å²) >= 11 is 0. The second kappa shape index (κ2) is 8.17. The molecule has 1 unspecified atom stereocenters. The largest absolute Gasteiger partial charge is 0.435 e. The third-order valence-corrected chi connectivity index (χ3v) is 4.13. The van der Waals surface area contributed by atoms with Crippen molar-refractivity contribution in [3.05, 3.63) is 60.9 Å². The molecular weight excluding hydrogens is 377 g/mol. The van der Waals surface area contributed by atoms with Crippen LogP contribution in [0.15, 0.2) is 55.1 Å². The van der Waals surface area contributed by atoms with Gasteiger partial charge in [-0.25, -0.2) is 9.37 Å². The number of aromatic nitrogens is 6. The fourth-order valence-electron chi connectivity index (χ4n) is 2.67. The van der Waals surface area contributed by atoms with Crippen LogP contribution in [0.25, 0.3) is 22.6 Å². The second-order valence-corrected chi connectivity index (χ2v) is 6.33. The molecule has 4 rings (SSSR count). The van der Waals surface area contributed by atoms with E-state index in [4.69, 9.17) is 15.6 Å². The summed E-state index contributed by atoms with van der Waals surface area (Å²) in [6, 6.07) is 7.83. The summed E-state index contributed by atoms with van der Waals surface area (Å²) in [4.78, 5) is 8.33. The highest BCUT2D eigenvalue weighted by Crippen LogP contribution is 2.26. The lowest BCUT2D eigenvalue weighted by Gasteiger charge is -2.08. The highest BCUT2D eigenvalue weighted by atomic mass is 19.1. The summed E-state index contributed by atoms with van der Waals surface area (Å²) in [5, 5.41) is 20.0. The average Bonchev–Trinajstić information content (AvgIpc) is 3.42. The van der Waals surface area contributed by atoms with Gasteiger partial charge in [0, 0.05) is 30.2 Å². The Labute approximate surface area is 165 Å². The van der Waals surface area contributed by atoms with Crippen LogP contribution < -0.4 is 10.5 Å². The molecule has 0 saturated carbocycles. The standard InChI is InChI=1S/C19H18FN7O2/c20-15-7-12(16-3-5-24-25-16)8-23-19(15)29-14-1-2-17(22-9-14)18-4-6-27(26-18)10-13(21)11-28/h1-9,13,28H,10-11,21H2,(H,24,25). The molecule has 4 aromatic heterocycles. The van der Waals surface area contributed by atoms with Gasteiger partial charge in [0.05, 0.1) is 30.7 Å². The summed E-state index contributed by atoms with van der Waals surface area (Å²) in [6.07, 6.45) is 6.31. The number of ether oxygens (including phenoxy) is 1. The van der Waals surface area contributed by atoms with Crippen LogP contribution in [-0.2, 0) is 6.54 Å². The Morgan fingerprint density at radius 2 is 2.07 bits per heavy atom. The lowest BCUT2D eigenvalue weighted by atomic mass is 10.2. The van der Waals surface area contributed by atoms with Crippen molar-refractivity contribution >= 4 is 0 Å². The first-order valence-electron chi connectivity index (χ1n) is 8.82. The molecule has 0 bridgehead atoms. The topological polar surface area (TPSA) is 128 Å².